The Morgan fingerprint density at radius 1 is 0.775 bits per heavy atom. The molecule has 0 aliphatic rings. The van der Waals surface area contributed by atoms with Crippen LogP contribution in [0.2, 0.25) is 5.15 Å². The minimum Gasteiger partial charge on any atom is -0.322 e. The van der Waals surface area contributed by atoms with Gasteiger partial charge < -0.3 is 10.6 Å². The molecule has 0 unspecified atom stereocenters. The molecule has 1 heterocycles. The smallest absolute Gasteiger partial charge is 0.322 e. The Morgan fingerprint density at radius 2 is 1.38 bits per heavy atom. The van der Waals surface area contributed by atoms with E-state index in [1.807, 2.05) is 0 Å². The van der Waals surface area contributed by atoms with Crippen LogP contribution in [0.25, 0.3) is 0 Å². The number of hydrogen-bond acceptors (Lipinski definition) is 3. The van der Waals surface area contributed by atoms with E-state index in [0.29, 0.717) is 0 Å². The van der Waals surface area contributed by atoms with Crippen molar-refractivity contribution in [3.63, 3.8) is 0 Å². The zero-order chi connectivity index (χ0) is 30.3. The SMILES string of the molecule is O=C(Nc1cccc(C(=O)Nc2c(Br)cc(C(F)(C(F)(F)F)C(F)(F)F)cc2C(F)(F)F)c1)c1ccc(Cl)nc1. The van der Waals surface area contributed by atoms with Crippen molar-refractivity contribution in [3.05, 3.63) is 86.6 Å². The van der Waals surface area contributed by atoms with Gasteiger partial charge in [0, 0.05) is 27.5 Å². The molecule has 0 radical (unpaired) electrons. The molecule has 3 rings (SSSR count). The van der Waals surface area contributed by atoms with Crippen molar-refractivity contribution in [1.29, 1.82) is 0 Å². The van der Waals surface area contributed by atoms with E-state index in [2.05, 4.69) is 26.2 Å². The molecular weight excluding hydrogens is 656 g/mol. The van der Waals surface area contributed by atoms with E-state index in [1.165, 1.54) is 24.3 Å². The Labute approximate surface area is 230 Å². The fourth-order valence-corrected chi connectivity index (χ4v) is 3.95. The molecule has 1 aromatic heterocycles. The Morgan fingerprint density at radius 3 is 1.90 bits per heavy atom. The summed E-state index contributed by atoms with van der Waals surface area (Å²) in [5.74, 6) is -2.01. The quantitative estimate of drug-likeness (QED) is 0.213. The van der Waals surface area contributed by atoms with Gasteiger partial charge in [-0.25, -0.2) is 9.37 Å². The maximum Gasteiger partial charge on any atom is 0.435 e. The Balaban J connectivity index is 1.98. The lowest BCUT2D eigenvalue weighted by Crippen LogP contribution is -2.50. The molecule has 2 N–H and O–H groups in total. The normalized spacial score (nSPS) is 12.7. The molecule has 0 saturated heterocycles. The van der Waals surface area contributed by atoms with Crippen LogP contribution < -0.4 is 10.6 Å². The van der Waals surface area contributed by atoms with Crippen LogP contribution in [0.1, 0.15) is 31.8 Å². The largest absolute Gasteiger partial charge is 0.435 e. The second-order valence-electron chi connectivity index (χ2n) is 7.89. The lowest BCUT2D eigenvalue weighted by molar-refractivity contribution is -0.348. The first-order valence-corrected chi connectivity index (χ1v) is 11.5. The van der Waals surface area contributed by atoms with E-state index in [0.717, 1.165) is 18.3 Å². The monoisotopic (exact) mass is 665 g/mol. The highest BCUT2D eigenvalue weighted by atomic mass is 79.9. The van der Waals surface area contributed by atoms with Crippen molar-refractivity contribution in [3.8, 4) is 0 Å². The van der Waals surface area contributed by atoms with Crippen LogP contribution in [0, 0.1) is 0 Å². The molecule has 0 fully saturated rings. The molecule has 0 aliphatic carbocycles. The summed E-state index contributed by atoms with van der Waals surface area (Å²) >= 11 is 8.05. The number of anilines is 2. The van der Waals surface area contributed by atoms with Crippen LogP contribution >= 0.6 is 27.5 Å². The van der Waals surface area contributed by atoms with Crippen LogP contribution in [-0.4, -0.2) is 29.2 Å². The lowest BCUT2D eigenvalue weighted by Gasteiger charge is -2.31. The third-order valence-electron chi connectivity index (χ3n) is 5.19. The summed E-state index contributed by atoms with van der Waals surface area (Å²) in [6, 6.07) is 6.43. The molecule has 214 valence electrons. The number of nitrogens with one attached hydrogen (secondary N) is 2. The molecule has 17 heteroatoms. The van der Waals surface area contributed by atoms with Crippen LogP contribution in [0.4, 0.5) is 55.3 Å². The predicted molar refractivity (Wildman–Crippen MR) is 126 cm³/mol. The van der Waals surface area contributed by atoms with Gasteiger partial charge in [0.2, 0.25) is 0 Å². The van der Waals surface area contributed by atoms with Crippen LogP contribution in [0.5, 0.6) is 0 Å². The van der Waals surface area contributed by atoms with E-state index < -0.39 is 63.4 Å². The number of aromatic nitrogens is 1. The van der Waals surface area contributed by atoms with E-state index in [1.54, 1.807) is 5.32 Å². The first-order chi connectivity index (χ1) is 18.3. The van der Waals surface area contributed by atoms with Crippen molar-refractivity contribution >= 4 is 50.7 Å². The number of carbonyl (C=O) groups excluding carboxylic acids is 2. The first kappa shape index (κ1) is 31.1. The van der Waals surface area contributed by atoms with E-state index in [-0.39, 0.29) is 28.0 Å². The van der Waals surface area contributed by atoms with E-state index >= 15 is 0 Å². The van der Waals surface area contributed by atoms with Gasteiger partial charge in [0.25, 0.3) is 11.8 Å². The van der Waals surface area contributed by atoms with Gasteiger partial charge in [-0.3, -0.25) is 9.59 Å². The van der Waals surface area contributed by atoms with Gasteiger partial charge in [0.05, 0.1) is 16.8 Å². The molecule has 40 heavy (non-hydrogen) atoms. The third-order valence-corrected chi connectivity index (χ3v) is 6.03. The highest BCUT2D eigenvalue weighted by Gasteiger charge is 2.73. The van der Waals surface area contributed by atoms with Crippen LogP contribution in [-0.2, 0) is 11.8 Å². The topological polar surface area (TPSA) is 71.1 Å². The third kappa shape index (κ3) is 6.32. The molecule has 0 spiro atoms. The molecule has 2 aromatic carbocycles. The molecule has 5 nitrogen and oxygen atoms in total. The van der Waals surface area contributed by atoms with Gasteiger partial charge in [-0.15, -0.1) is 0 Å². The van der Waals surface area contributed by atoms with Crippen molar-refractivity contribution in [2.24, 2.45) is 0 Å². The molecule has 2 amide bonds. The maximum absolute atomic E-state index is 14.5. The average Bonchev–Trinajstić information content (AvgIpc) is 2.83. The average molecular weight is 667 g/mol. The maximum atomic E-state index is 14.5. The Bertz CT molecular complexity index is 1430. The van der Waals surface area contributed by atoms with Crippen LogP contribution in [0.3, 0.4) is 0 Å². The number of benzene rings is 2. The number of hydrogen-bond donors (Lipinski definition) is 2. The fraction of sp³-hybridized carbons (Fsp3) is 0.174. The van der Waals surface area contributed by atoms with Gasteiger partial charge in [0.1, 0.15) is 5.15 Å². The van der Waals surface area contributed by atoms with Gasteiger partial charge in [-0.2, -0.15) is 39.5 Å². The number of amides is 2. The first-order valence-electron chi connectivity index (χ1n) is 10.3. The second-order valence-corrected chi connectivity index (χ2v) is 9.13. The van der Waals surface area contributed by atoms with Gasteiger partial charge in [-0.1, -0.05) is 17.7 Å². The molecule has 0 saturated carbocycles. The molecule has 3 aromatic rings. The van der Waals surface area contributed by atoms with Gasteiger partial charge >= 0.3 is 24.2 Å². The summed E-state index contributed by atoms with van der Waals surface area (Å²) in [6.45, 7) is 0. The van der Waals surface area contributed by atoms with Gasteiger partial charge in [-0.05, 0) is 58.4 Å². The van der Waals surface area contributed by atoms with Crippen molar-refractivity contribution in [1.82, 2.24) is 4.98 Å². The van der Waals surface area contributed by atoms with Crippen molar-refractivity contribution in [2.75, 3.05) is 10.6 Å². The summed E-state index contributed by atoms with van der Waals surface area (Å²) in [5, 5.41) is 4.24. The highest BCUT2D eigenvalue weighted by Crippen LogP contribution is 2.55. The molecule has 0 bridgehead atoms. The fourth-order valence-electron chi connectivity index (χ4n) is 3.28. The van der Waals surface area contributed by atoms with E-state index in [4.69, 9.17) is 11.6 Å². The molecular formula is C23H11BrClF10N3O2. The summed E-state index contributed by atoms with van der Waals surface area (Å²) in [5.41, 5.74) is -12.4. The minimum atomic E-state index is -6.68. The van der Waals surface area contributed by atoms with Crippen molar-refractivity contribution in [2.45, 2.75) is 24.2 Å². The number of nitrogens with zero attached hydrogens (tertiary/aromatic N) is 1. The number of pyridine rings is 1. The number of rotatable bonds is 5. The predicted octanol–water partition coefficient (Wildman–Crippen LogP) is 8.31. The van der Waals surface area contributed by atoms with Crippen LogP contribution in [0.15, 0.2) is 59.2 Å². The molecule has 0 aliphatic heterocycles. The minimum absolute atomic E-state index is 0.0179. The highest BCUT2D eigenvalue weighted by molar-refractivity contribution is 9.10. The molecule has 0 atom stereocenters. The summed E-state index contributed by atoms with van der Waals surface area (Å²) in [7, 11) is 0. The standard InChI is InChI=1S/C23H11BrClF10N3O2/c24-15-8-12(20(26,22(30,31)32)23(33,34)35)7-14(21(27,28)29)17(15)38-18(39)10-2-1-3-13(6-10)37-19(40)11-4-5-16(25)36-9-11/h1-9H,(H,37,40)(H,38,39). The number of alkyl halides is 10. The van der Waals surface area contributed by atoms with E-state index in [9.17, 15) is 53.5 Å². The zero-order valence-corrected chi connectivity index (χ0v) is 21.3. The summed E-state index contributed by atoms with van der Waals surface area (Å²) in [4.78, 5) is 28.8. The zero-order valence-electron chi connectivity index (χ0n) is 19.0. The Hall–Kier alpha value is -3.40. The Kier molecular flexibility index (Phi) is 8.46. The van der Waals surface area contributed by atoms with Gasteiger partial charge in [0.15, 0.2) is 0 Å². The number of carbonyl (C=O) groups is 2. The summed E-state index contributed by atoms with van der Waals surface area (Å²) in [6.07, 6.45) is -17.9. The lowest BCUT2D eigenvalue weighted by atomic mass is 9.92. The number of halogens is 12. The van der Waals surface area contributed by atoms with Crippen molar-refractivity contribution < 1.29 is 53.5 Å². The summed E-state index contributed by atoms with van der Waals surface area (Å²) < 4.78 is 133. The second kappa shape index (κ2) is 10.9.